The predicted molar refractivity (Wildman–Crippen MR) is 98.2 cm³/mol. The second-order valence-corrected chi connectivity index (χ2v) is 6.80. The molecular formula is C16H10ClN3O2S2. The number of halogens is 1. The van der Waals surface area contributed by atoms with Crippen molar-refractivity contribution in [2.45, 2.75) is 0 Å². The number of nitrogens with zero attached hydrogens (tertiary/aromatic N) is 2. The van der Waals surface area contributed by atoms with Crippen molar-refractivity contribution in [1.29, 1.82) is 0 Å². The number of benzene rings is 1. The van der Waals surface area contributed by atoms with E-state index in [9.17, 15) is 9.59 Å². The van der Waals surface area contributed by atoms with Crippen LogP contribution in [0.25, 0.3) is 6.08 Å². The number of hydrazine groups is 1. The number of thioether (sulfide) groups is 1. The minimum atomic E-state index is -0.437. The van der Waals surface area contributed by atoms with Crippen LogP contribution in [0.1, 0.15) is 15.9 Å². The maximum Gasteiger partial charge on any atom is 0.285 e. The maximum atomic E-state index is 12.5. The van der Waals surface area contributed by atoms with Gasteiger partial charge in [-0.1, -0.05) is 41.6 Å². The quantitative estimate of drug-likeness (QED) is 0.659. The highest BCUT2D eigenvalue weighted by atomic mass is 35.5. The number of hydrogen-bond donors (Lipinski definition) is 1. The van der Waals surface area contributed by atoms with Crippen LogP contribution in [-0.4, -0.2) is 26.1 Å². The predicted octanol–water partition coefficient (Wildman–Crippen LogP) is 3.28. The molecule has 1 aliphatic heterocycles. The molecular weight excluding hydrogens is 366 g/mol. The Hall–Kier alpha value is -2.22. The molecule has 0 unspecified atom stereocenters. The summed E-state index contributed by atoms with van der Waals surface area (Å²) >= 11 is 12.4. The first-order chi connectivity index (χ1) is 11.6. The largest absolute Gasteiger partial charge is 0.285 e. The molecule has 0 bridgehead atoms. The third kappa shape index (κ3) is 3.48. The lowest BCUT2D eigenvalue weighted by Gasteiger charge is -2.15. The van der Waals surface area contributed by atoms with E-state index in [0.717, 1.165) is 16.8 Å². The summed E-state index contributed by atoms with van der Waals surface area (Å²) in [5.74, 6) is -0.833. The number of thiocarbonyl (C=S) groups is 1. The van der Waals surface area contributed by atoms with Gasteiger partial charge in [-0.25, -0.2) is 0 Å². The van der Waals surface area contributed by atoms with Crippen molar-refractivity contribution in [2.24, 2.45) is 0 Å². The first kappa shape index (κ1) is 16.6. The summed E-state index contributed by atoms with van der Waals surface area (Å²) in [6.07, 6.45) is 4.65. The van der Waals surface area contributed by atoms with Gasteiger partial charge in [-0.2, -0.15) is 5.01 Å². The molecule has 0 atom stereocenters. The van der Waals surface area contributed by atoms with E-state index in [2.05, 4.69) is 10.4 Å². The SMILES string of the molecule is O=C(NN1C(=O)/C(=C/c2ccccc2Cl)SC1=S)c1ccncc1. The van der Waals surface area contributed by atoms with Crippen molar-refractivity contribution in [3.63, 3.8) is 0 Å². The molecule has 1 aliphatic rings. The number of carbonyl (C=O) groups excluding carboxylic acids is 2. The Morgan fingerprint density at radius 1 is 1.25 bits per heavy atom. The fourth-order valence-electron chi connectivity index (χ4n) is 1.97. The van der Waals surface area contributed by atoms with Gasteiger partial charge in [-0.3, -0.25) is 20.0 Å². The lowest BCUT2D eigenvalue weighted by atomic mass is 10.2. The molecule has 1 aromatic heterocycles. The summed E-state index contributed by atoms with van der Waals surface area (Å²) < 4.78 is 0.251. The minimum Gasteiger partial charge on any atom is -0.267 e. The van der Waals surface area contributed by atoms with Gasteiger partial charge < -0.3 is 0 Å². The van der Waals surface area contributed by atoms with Crippen LogP contribution in [0.4, 0.5) is 0 Å². The second-order valence-electron chi connectivity index (χ2n) is 4.72. The van der Waals surface area contributed by atoms with Gasteiger partial charge in [0.25, 0.3) is 11.8 Å². The Balaban J connectivity index is 1.80. The van der Waals surface area contributed by atoms with Gasteiger partial charge >= 0.3 is 0 Å². The van der Waals surface area contributed by atoms with Gasteiger partial charge in [-0.15, -0.1) is 0 Å². The van der Waals surface area contributed by atoms with Crippen LogP contribution < -0.4 is 5.43 Å². The van der Waals surface area contributed by atoms with E-state index < -0.39 is 11.8 Å². The number of carbonyl (C=O) groups is 2. The van der Waals surface area contributed by atoms with E-state index in [4.69, 9.17) is 23.8 Å². The van der Waals surface area contributed by atoms with Crippen LogP contribution in [0.3, 0.4) is 0 Å². The van der Waals surface area contributed by atoms with Crippen LogP contribution in [0.15, 0.2) is 53.7 Å². The summed E-state index contributed by atoms with van der Waals surface area (Å²) in [6, 6.07) is 10.3. The Bertz CT molecular complexity index is 855. The zero-order chi connectivity index (χ0) is 17.1. The van der Waals surface area contributed by atoms with Crippen molar-refractivity contribution < 1.29 is 9.59 Å². The molecule has 1 N–H and O–H groups in total. The lowest BCUT2D eigenvalue weighted by molar-refractivity contribution is -0.123. The first-order valence-corrected chi connectivity index (χ1v) is 8.40. The van der Waals surface area contributed by atoms with Crippen LogP contribution in [-0.2, 0) is 4.79 Å². The van der Waals surface area contributed by atoms with Gasteiger partial charge in [0.2, 0.25) is 0 Å². The zero-order valence-electron chi connectivity index (χ0n) is 12.1. The average molecular weight is 376 g/mol. The Morgan fingerprint density at radius 3 is 2.67 bits per heavy atom. The van der Waals surface area contributed by atoms with Gasteiger partial charge in [0, 0.05) is 23.0 Å². The van der Waals surface area contributed by atoms with Crippen LogP contribution in [0.5, 0.6) is 0 Å². The average Bonchev–Trinajstić information content (AvgIpc) is 2.85. The third-order valence-corrected chi connectivity index (χ3v) is 4.79. The van der Waals surface area contributed by atoms with Gasteiger partial charge in [0.1, 0.15) is 0 Å². The Kier molecular flexibility index (Phi) is 4.94. The van der Waals surface area contributed by atoms with Crippen LogP contribution in [0, 0.1) is 0 Å². The topological polar surface area (TPSA) is 62.3 Å². The first-order valence-electron chi connectivity index (χ1n) is 6.80. The summed E-state index contributed by atoms with van der Waals surface area (Å²) in [6.45, 7) is 0. The monoisotopic (exact) mass is 375 g/mol. The molecule has 2 aromatic rings. The van der Waals surface area contributed by atoms with E-state index >= 15 is 0 Å². The van der Waals surface area contributed by atoms with Gasteiger partial charge in [0.05, 0.1) is 4.91 Å². The molecule has 0 saturated carbocycles. The number of aromatic nitrogens is 1. The third-order valence-electron chi connectivity index (χ3n) is 3.14. The van der Waals surface area contributed by atoms with Crippen LogP contribution >= 0.6 is 35.6 Å². The van der Waals surface area contributed by atoms with E-state index in [1.165, 1.54) is 12.4 Å². The molecule has 120 valence electrons. The summed E-state index contributed by atoms with van der Waals surface area (Å²) in [5.41, 5.74) is 3.60. The molecule has 8 heteroatoms. The highest BCUT2D eigenvalue weighted by molar-refractivity contribution is 8.26. The molecule has 2 heterocycles. The minimum absolute atomic E-state index is 0.251. The number of hydrogen-bond acceptors (Lipinski definition) is 5. The van der Waals surface area contributed by atoms with Gasteiger partial charge in [-0.05, 0) is 42.1 Å². The molecule has 1 aromatic carbocycles. The molecule has 24 heavy (non-hydrogen) atoms. The van der Waals surface area contributed by atoms with Crippen molar-refractivity contribution in [1.82, 2.24) is 15.4 Å². The van der Waals surface area contributed by atoms with E-state index in [1.54, 1.807) is 36.4 Å². The molecule has 1 fully saturated rings. The van der Waals surface area contributed by atoms with Crippen molar-refractivity contribution in [3.05, 3.63) is 69.8 Å². The number of nitrogens with one attached hydrogen (secondary N) is 1. The molecule has 3 rings (SSSR count). The summed E-state index contributed by atoms with van der Waals surface area (Å²) in [5, 5.41) is 1.59. The lowest BCUT2D eigenvalue weighted by Crippen LogP contribution is -2.44. The molecule has 1 saturated heterocycles. The van der Waals surface area contributed by atoms with Crippen molar-refractivity contribution in [2.75, 3.05) is 0 Å². The molecule has 2 amide bonds. The second kappa shape index (κ2) is 7.12. The Morgan fingerprint density at radius 2 is 1.96 bits per heavy atom. The molecule has 5 nitrogen and oxygen atoms in total. The van der Waals surface area contributed by atoms with Gasteiger partial charge in [0.15, 0.2) is 4.32 Å². The highest BCUT2D eigenvalue weighted by Gasteiger charge is 2.33. The Labute approximate surface area is 152 Å². The van der Waals surface area contributed by atoms with Crippen LogP contribution in [0.2, 0.25) is 5.02 Å². The fourth-order valence-corrected chi connectivity index (χ4v) is 3.33. The fraction of sp³-hybridized carbons (Fsp3) is 0. The van der Waals surface area contributed by atoms with Crippen molar-refractivity contribution >= 4 is 57.8 Å². The molecule has 0 radical (unpaired) electrons. The zero-order valence-corrected chi connectivity index (χ0v) is 14.5. The standard InChI is InChI=1S/C16H10ClN3O2S2/c17-12-4-2-1-3-11(12)9-13-15(22)20(16(23)24-13)19-14(21)10-5-7-18-8-6-10/h1-9H,(H,19,21)/b13-9-. The number of pyridine rings is 1. The maximum absolute atomic E-state index is 12.5. The van der Waals surface area contributed by atoms with E-state index in [-0.39, 0.29) is 4.32 Å². The summed E-state index contributed by atoms with van der Waals surface area (Å²) in [4.78, 5) is 28.9. The number of amides is 2. The molecule has 0 aliphatic carbocycles. The smallest absolute Gasteiger partial charge is 0.267 e. The van der Waals surface area contributed by atoms with Crippen molar-refractivity contribution in [3.8, 4) is 0 Å². The summed E-state index contributed by atoms with van der Waals surface area (Å²) in [7, 11) is 0. The normalized spacial score (nSPS) is 15.9. The highest BCUT2D eigenvalue weighted by Crippen LogP contribution is 2.32. The molecule has 0 spiro atoms. The van der Waals surface area contributed by atoms with E-state index in [1.807, 2.05) is 6.07 Å². The van der Waals surface area contributed by atoms with E-state index in [0.29, 0.717) is 21.1 Å². The number of rotatable bonds is 3.